The van der Waals surface area contributed by atoms with Gasteiger partial charge < -0.3 is 9.64 Å². The number of anilines is 2. The maximum absolute atomic E-state index is 12.6. The van der Waals surface area contributed by atoms with E-state index >= 15 is 0 Å². The third kappa shape index (κ3) is 4.54. The number of ether oxygens (including phenoxy) is 1. The Hall–Kier alpha value is -3.13. The summed E-state index contributed by atoms with van der Waals surface area (Å²) >= 11 is 0. The second kappa shape index (κ2) is 8.71. The van der Waals surface area contributed by atoms with Crippen LogP contribution in [0.15, 0.2) is 65.6 Å². The van der Waals surface area contributed by atoms with Gasteiger partial charge in [-0.25, -0.2) is 8.42 Å². The fourth-order valence-electron chi connectivity index (χ4n) is 3.40. The third-order valence-corrected chi connectivity index (χ3v) is 6.36. The molecule has 1 aliphatic heterocycles. The number of benzene rings is 2. The summed E-state index contributed by atoms with van der Waals surface area (Å²) in [6.45, 7) is 4.46. The topological polar surface area (TPSA) is 84.4 Å². The molecule has 0 unspecified atom stereocenters. The first-order chi connectivity index (χ1) is 14.5. The Morgan fingerprint density at radius 2 is 1.63 bits per heavy atom. The summed E-state index contributed by atoms with van der Waals surface area (Å²) < 4.78 is 33.2. The third-order valence-electron chi connectivity index (χ3n) is 4.96. The predicted octanol–water partition coefficient (Wildman–Crippen LogP) is 3.94. The highest BCUT2D eigenvalue weighted by Crippen LogP contribution is 2.24. The minimum Gasteiger partial charge on any atom is -0.494 e. The van der Waals surface area contributed by atoms with Gasteiger partial charge >= 0.3 is 0 Å². The zero-order valence-electron chi connectivity index (χ0n) is 16.8. The van der Waals surface area contributed by atoms with Gasteiger partial charge in [0.15, 0.2) is 5.82 Å². The van der Waals surface area contributed by atoms with Gasteiger partial charge in [0.1, 0.15) is 5.75 Å². The fourth-order valence-corrected chi connectivity index (χ4v) is 4.46. The van der Waals surface area contributed by atoms with Crippen molar-refractivity contribution in [3.8, 4) is 17.0 Å². The summed E-state index contributed by atoms with van der Waals surface area (Å²) in [5, 5.41) is 8.66. The van der Waals surface area contributed by atoms with Crippen LogP contribution in [0.3, 0.4) is 0 Å². The molecule has 0 spiro atoms. The van der Waals surface area contributed by atoms with Crippen LogP contribution in [-0.2, 0) is 10.0 Å². The Labute approximate surface area is 176 Å². The summed E-state index contributed by atoms with van der Waals surface area (Å²) in [6.07, 6.45) is 2.38. The summed E-state index contributed by atoms with van der Waals surface area (Å²) in [6, 6.07) is 17.4. The molecule has 1 aliphatic rings. The van der Waals surface area contributed by atoms with Gasteiger partial charge in [-0.2, -0.15) is 0 Å². The quantitative estimate of drug-likeness (QED) is 0.618. The van der Waals surface area contributed by atoms with Crippen molar-refractivity contribution in [2.24, 2.45) is 0 Å². The van der Waals surface area contributed by atoms with Crippen molar-refractivity contribution in [1.82, 2.24) is 10.2 Å². The van der Waals surface area contributed by atoms with Crippen LogP contribution in [0.25, 0.3) is 11.3 Å². The molecular weight excluding hydrogens is 400 g/mol. The van der Waals surface area contributed by atoms with Crippen LogP contribution in [-0.4, -0.2) is 38.3 Å². The molecule has 3 aromatic rings. The Morgan fingerprint density at radius 3 is 2.23 bits per heavy atom. The second-order valence-corrected chi connectivity index (χ2v) is 8.74. The van der Waals surface area contributed by atoms with Gasteiger partial charge in [0.2, 0.25) is 0 Å². The molecule has 2 heterocycles. The van der Waals surface area contributed by atoms with Gasteiger partial charge in [-0.3, -0.25) is 4.72 Å². The molecule has 0 atom stereocenters. The summed E-state index contributed by atoms with van der Waals surface area (Å²) in [5.41, 5.74) is 2.10. The van der Waals surface area contributed by atoms with Crippen LogP contribution in [0.5, 0.6) is 5.75 Å². The van der Waals surface area contributed by atoms with E-state index in [2.05, 4.69) is 19.8 Å². The lowest BCUT2D eigenvalue weighted by Crippen LogP contribution is -2.19. The molecule has 8 heteroatoms. The van der Waals surface area contributed by atoms with Crippen molar-refractivity contribution >= 4 is 21.5 Å². The first kappa shape index (κ1) is 20.2. The highest BCUT2D eigenvalue weighted by molar-refractivity contribution is 7.92. The molecule has 1 aromatic heterocycles. The number of hydrogen-bond donors (Lipinski definition) is 1. The zero-order valence-corrected chi connectivity index (χ0v) is 17.6. The molecule has 0 aliphatic carbocycles. The number of nitrogens with one attached hydrogen (secondary N) is 1. The van der Waals surface area contributed by atoms with E-state index in [9.17, 15) is 8.42 Å². The number of rotatable bonds is 7. The largest absolute Gasteiger partial charge is 0.494 e. The Bertz CT molecular complexity index is 1080. The predicted molar refractivity (Wildman–Crippen MR) is 117 cm³/mol. The van der Waals surface area contributed by atoms with E-state index in [1.165, 1.54) is 25.0 Å². The number of sulfonamides is 1. The van der Waals surface area contributed by atoms with Crippen molar-refractivity contribution in [1.29, 1.82) is 0 Å². The molecule has 2 aromatic carbocycles. The molecule has 7 nitrogen and oxygen atoms in total. The normalized spacial score (nSPS) is 14.0. The Morgan fingerprint density at radius 1 is 0.933 bits per heavy atom. The van der Waals surface area contributed by atoms with E-state index in [4.69, 9.17) is 4.74 Å². The van der Waals surface area contributed by atoms with Crippen LogP contribution in [0.1, 0.15) is 19.8 Å². The summed E-state index contributed by atoms with van der Waals surface area (Å²) in [4.78, 5) is 2.41. The van der Waals surface area contributed by atoms with E-state index in [0.717, 1.165) is 30.2 Å². The van der Waals surface area contributed by atoms with Crippen molar-refractivity contribution < 1.29 is 13.2 Å². The molecule has 30 heavy (non-hydrogen) atoms. The molecule has 0 bridgehead atoms. The Kier molecular flexibility index (Phi) is 5.85. The lowest BCUT2D eigenvalue weighted by atomic mass is 10.1. The molecule has 1 N–H and O–H groups in total. The molecule has 0 amide bonds. The summed E-state index contributed by atoms with van der Waals surface area (Å²) in [5.74, 6) is 1.54. The number of aromatic nitrogens is 2. The lowest BCUT2D eigenvalue weighted by molar-refractivity contribution is 0.340. The van der Waals surface area contributed by atoms with E-state index in [0.29, 0.717) is 18.0 Å². The monoisotopic (exact) mass is 424 g/mol. The standard InChI is InChI=1S/C22H24N4O3S/c1-2-29-19-9-11-20(12-10-19)30(27,28)25-18-7-5-17(6-8-18)21-13-14-22(24-23-21)26-15-3-4-16-26/h5-14,25H,2-4,15-16H2,1H3. The highest BCUT2D eigenvalue weighted by Gasteiger charge is 2.15. The van der Waals surface area contributed by atoms with Crippen LogP contribution in [0.2, 0.25) is 0 Å². The minimum atomic E-state index is -3.68. The molecule has 0 saturated carbocycles. The first-order valence-electron chi connectivity index (χ1n) is 10.00. The van der Waals surface area contributed by atoms with Crippen molar-refractivity contribution in [3.63, 3.8) is 0 Å². The van der Waals surface area contributed by atoms with Crippen LogP contribution >= 0.6 is 0 Å². The van der Waals surface area contributed by atoms with Crippen LogP contribution in [0, 0.1) is 0 Å². The SMILES string of the molecule is CCOc1ccc(S(=O)(=O)Nc2ccc(-c3ccc(N4CCCC4)nn3)cc2)cc1. The van der Waals surface area contributed by atoms with Gasteiger partial charge in [0, 0.05) is 24.3 Å². The fraction of sp³-hybridized carbons (Fsp3) is 0.273. The van der Waals surface area contributed by atoms with E-state index in [1.807, 2.05) is 31.2 Å². The van der Waals surface area contributed by atoms with Gasteiger partial charge in [0.05, 0.1) is 17.2 Å². The molecule has 1 fully saturated rings. The smallest absolute Gasteiger partial charge is 0.261 e. The van der Waals surface area contributed by atoms with Gasteiger partial charge in [-0.05, 0) is 68.3 Å². The van der Waals surface area contributed by atoms with Gasteiger partial charge in [0.25, 0.3) is 10.0 Å². The maximum Gasteiger partial charge on any atom is 0.261 e. The van der Waals surface area contributed by atoms with Gasteiger partial charge in [-0.1, -0.05) is 12.1 Å². The molecule has 156 valence electrons. The van der Waals surface area contributed by atoms with Crippen molar-refractivity contribution in [3.05, 3.63) is 60.7 Å². The average Bonchev–Trinajstić information content (AvgIpc) is 3.30. The summed E-state index contributed by atoms with van der Waals surface area (Å²) in [7, 11) is -3.68. The maximum atomic E-state index is 12.6. The Balaban J connectivity index is 1.45. The van der Waals surface area contributed by atoms with E-state index in [1.54, 1.807) is 24.3 Å². The number of nitrogens with zero attached hydrogens (tertiary/aromatic N) is 3. The average molecular weight is 425 g/mol. The van der Waals surface area contributed by atoms with E-state index in [-0.39, 0.29) is 4.90 Å². The van der Waals surface area contributed by atoms with Gasteiger partial charge in [-0.15, -0.1) is 10.2 Å². The number of hydrogen-bond acceptors (Lipinski definition) is 6. The highest BCUT2D eigenvalue weighted by atomic mass is 32.2. The first-order valence-corrected chi connectivity index (χ1v) is 11.5. The molecule has 4 rings (SSSR count). The van der Waals surface area contributed by atoms with Crippen molar-refractivity contribution in [2.45, 2.75) is 24.7 Å². The zero-order chi connectivity index (χ0) is 21.0. The second-order valence-electron chi connectivity index (χ2n) is 7.06. The molecule has 1 saturated heterocycles. The van der Waals surface area contributed by atoms with Crippen molar-refractivity contribution in [2.75, 3.05) is 29.3 Å². The van der Waals surface area contributed by atoms with E-state index < -0.39 is 10.0 Å². The molecular formula is C22H24N4O3S. The van der Waals surface area contributed by atoms with Crippen LogP contribution in [0.4, 0.5) is 11.5 Å². The lowest BCUT2D eigenvalue weighted by Gasteiger charge is -2.15. The molecule has 0 radical (unpaired) electrons. The van der Waals surface area contributed by atoms with Crippen LogP contribution < -0.4 is 14.4 Å². The minimum absolute atomic E-state index is 0.179.